The molecule has 6 heteroatoms. The van der Waals surface area contributed by atoms with E-state index in [1.165, 1.54) is 6.07 Å². The third-order valence-corrected chi connectivity index (χ3v) is 7.03. The van der Waals surface area contributed by atoms with Crippen LogP contribution in [0.15, 0.2) is 27.6 Å². The molecule has 2 N–H and O–H groups in total. The van der Waals surface area contributed by atoms with Gasteiger partial charge in [0.2, 0.25) is 10.0 Å². The van der Waals surface area contributed by atoms with Crippen molar-refractivity contribution in [2.45, 2.75) is 38.1 Å². The minimum absolute atomic E-state index is 0.00420. The van der Waals surface area contributed by atoms with Crippen molar-refractivity contribution in [2.75, 3.05) is 12.3 Å². The van der Waals surface area contributed by atoms with Gasteiger partial charge in [0.05, 0.1) is 4.90 Å². The average molecular weight is 361 g/mol. The summed E-state index contributed by atoms with van der Waals surface area (Å²) in [6.45, 7) is 6.75. The summed E-state index contributed by atoms with van der Waals surface area (Å²) < 4.78 is 28.0. The van der Waals surface area contributed by atoms with Gasteiger partial charge in [-0.05, 0) is 59.3 Å². The molecule has 3 unspecified atom stereocenters. The van der Waals surface area contributed by atoms with E-state index in [-0.39, 0.29) is 10.9 Å². The second kappa shape index (κ2) is 5.66. The highest BCUT2D eigenvalue weighted by Crippen LogP contribution is 2.34. The highest BCUT2D eigenvalue weighted by molar-refractivity contribution is 9.10. The number of hydrogen-bond acceptors (Lipinski definition) is 3. The normalized spacial score (nSPS) is 28.5. The second-order valence-corrected chi connectivity index (χ2v) is 8.54. The van der Waals surface area contributed by atoms with Crippen molar-refractivity contribution in [2.24, 2.45) is 11.8 Å². The smallest absolute Gasteiger partial charge is 0.244 e. The molecule has 1 aliphatic rings. The number of nitrogens with two attached hydrogens (primary N) is 1. The predicted octanol–water partition coefficient (Wildman–Crippen LogP) is 3.09. The van der Waals surface area contributed by atoms with Gasteiger partial charge in [-0.1, -0.05) is 13.8 Å². The highest BCUT2D eigenvalue weighted by atomic mass is 79.9. The maximum Gasteiger partial charge on any atom is 0.244 e. The maximum absolute atomic E-state index is 12.9. The number of benzene rings is 1. The van der Waals surface area contributed by atoms with Gasteiger partial charge in [0.25, 0.3) is 0 Å². The zero-order chi connectivity index (χ0) is 15.1. The molecular weight excluding hydrogens is 340 g/mol. The van der Waals surface area contributed by atoms with Crippen molar-refractivity contribution in [3.05, 3.63) is 22.7 Å². The third kappa shape index (κ3) is 2.87. The Bertz CT molecular complexity index is 603. The SMILES string of the molecule is CC1CC(C)C(C)N(S(=O)(=O)c2cc(N)ccc2Br)C1. The molecule has 1 fully saturated rings. The Labute approximate surface area is 129 Å². The number of sulfonamides is 1. The van der Waals surface area contributed by atoms with Gasteiger partial charge in [0, 0.05) is 22.7 Å². The fourth-order valence-corrected chi connectivity index (χ4v) is 5.63. The zero-order valence-electron chi connectivity index (χ0n) is 12.0. The van der Waals surface area contributed by atoms with Gasteiger partial charge in [-0.2, -0.15) is 4.31 Å². The lowest BCUT2D eigenvalue weighted by molar-refractivity contribution is 0.157. The Balaban J connectivity index is 2.46. The molecule has 0 saturated carbocycles. The molecule has 112 valence electrons. The van der Waals surface area contributed by atoms with Crippen LogP contribution in [0, 0.1) is 11.8 Å². The van der Waals surface area contributed by atoms with Crippen molar-refractivity contribution >= 4 is 31.6 Å². The second-order valence-electron chi connectivity index (χ2n) is 5.82. The van der Waals surface area contributed by atoms with Crippen molar-refractivity contribution < 1.29 is 8.42 Å². The first-order valence-electron chi connectivity index (χ1n) is 6.80. The van der Waals surface area contributed by atoms with E-state index >= 15 is 0 Å². The predicted molar refractivity (Wildman–Crippen MR) is 84.9 cm³/mol. The van der Waals surface area contributed by atoms with E-state index in [2.05, 4.69) is 29.8 Å². The molecule has 1 saturated heterocycles. The molecule has 0 spiro atoms. The van der Waals surface area contributed by atoms with Gasteiger partial charge in [-0.15, -0.1) is 0 Å². The third-order valence-electron chi connectivity index (χ3n) is 4.09. The van der Waals surface area contributed by atoms with Crippen LogP contribution in [-0.2, 0) is 10.0 Å². The van der Waals surface area contributed by atoms with Crippen LogP contribution in [0.4, 0.5) is 5.69 Å². The fourth-order valence-electron chi connectivity index (χ4n) is 2.82. The molecule has 1 aromatic rings. The number of halogens is 1. The Morgan fingerprint density at radius 3 is 2.60 bits per heavy atom. The first-order valence-corrected chi connectivity index (χ1v) is 9.03. The van der Waals surface area contributed by atoms with Gasteiger partial charge >= 0.3 is 0 Å². The van der Waals surface area contributed by atoms with Crippen LogP contribution in [0.25, 0.3) is 0 Å². The lowest BCUT2D eigenvalue weighted by Crippen LogP contribution is -2.48. The topological polar surface area (TPSA) is 63.4 Å². The molecule has 20 heavy (non-hydrogen) atoms. The summed E-state index contributed by atoms with van der Waals surface area (Å²) in [5.74, 6) is 0.726. The largest absolute Gasteiger partial charge is 0.399 e. The van der Waals surface area contributed by atoms with Gasteiger partial charge in [0.1, 0.15) is 0 Å². The summed E-state index contributed by atoms with van der Waals surface area (Å²) in [6, 6.07) is 4.90. The van der Waals surface area contributed by atoms with Gasteiger partial charge in [0.15, 0.2) is 0 Å². The average Bonchev–Trinajstić information content (AvgIpc) is 2.36. The van der Waals surface area contributed by atoms with E-state index in [0.717, 1.165) is 6.42 Å². The summed E-state index contributed by atoms with van der Waals surface area (Å²) in [6.07, 6.45) is 1.06. The molecule has 0 bridgehead atoms. The van der Waals surface area contributed by atoms with Gasteiger partial charge in [-0.25, -0.2) is 8.42 Å². The minimum atomic E-state index is -3.52. The van der Waals surface area contributed by atoms with Crippen LogP contribution >= 0.6 is 15.9 Å². The molecular formula is C14H21BrN2O2S. The van der Waals surface area contributed by atoms with Crippen LogP contribution < -0.4 is 5.73 Å². The Morgan fingerprint density at radius 1 is 1.30 bits per heavy atom. The van der Waals surface area contributed by atoms with E-state index in [1.807, 2.05) is 6.92 Å². The molecule has 2 rings (SSSR count). The summed E-state index contributed by atoms with van der Waals surface area (Å²) >= 11 is 3.32. The Kier molecular flexibility index (Phi) is 4.47. The quantitative estimate of drug-likeness (QED) is 0.824. The minimum Gasteiger partial charge on any atom is -0.399 e. The van der Waals surface area contributed by atoms with Gasteiger partial charge in [-0.3, -0.25) is 0 Å². The number of piperidine rings is 1. The lowest BCUT2D eigenvalue weighted by atomic mass is 9.88. The summed E-state index contributed by atoms with van der Waals surface area (Å²) in [7, 11) is -3.52. The molecule has 3 atom stereocenters. The summed E-state index contributed by atoms with van der Waals surface area (Å²) in [5.41, 5.74) is 6.20. The zero-order valence-corrected chi connectivity index (χ0v) is 14.4. The number of nitrogen functional groups attached to an aromatic ring is 1. The molecule has 1 aliphatic heterocycles. The van der Waals surface area contributed by atoms with E-state index in [4.69, 9.17) is 5.73 Å². The van der Waals surface area contributed by atoms with Crippen LogP contribution in [0.3, 0.4) is 0 Å². The van der Waals surface area contributed by atoms with Crippen LogP contribution in [0.2, 0.25) is 0 Å². The number of anilines is 1. The summed E-state index contributed by atoms with van der Waals surface area (Å²) in [5, 5.41) is 0. The van der Waals surface area contributed by atoms with Crippen molar-refractivity contribution in [3.63, 3.8) is 0 Å². The first kappa shape index (κ1) is 15.8. The standard InChI is InChI=1S/C14H21BrN2O2S/c1-9-6-10(2)11(3)17(8-9)20(18,19)14-7-12(16)4-5-13(14)15/h4-5,7,9-11H,6,8,16H2,1-3H3. The molecule has 0 aliphatic carbocycles. The first-order chi connectivity index (χ1) is 9.23. The lowest BCUT2D eigenvalue weighted by Gasteiger charge is -2.40. The van der Waals surface area contributed by atoms with E-state index in [0.29, 0.717) is 28.5 Å². The van der Waals surface area contributed by atoms with Gasteiger partial charge < -0.3 is 5.73 Å². The molecule has 1 aromatic carbocycles. The van der Waals surface area contributed by atoms with Crippen LogP contribution in [-0.4, -0.2) is 25.3 Å². The van der Waals surface area contributed by atoms with Crippen molar-refractivity contribution in [1.29, 1.82) is 0 Å². The number of nitrogens with zero attached hydrogens (tertiary/aromatic N) is 1. The van der Waals surface area contributed by atoms with E-state index in [9.17, 15) is 8.42 Å². The number of rotatable bonds is 2. The Morgan fingerprint density at radius 2 is 1.95 bits per heavy atom. The monoisotopic (exact) mass is 360 g/mol. The highest BCUT2D eigenvalue weighted by Gasteiger charge is 2.37. The van der Waals surface area contributed by atoms with Crippen LogP contribution in [0.5, 0.6) is 0 Å². The summed E-state index contributed by atoms with van der Waals surface area (Å²) in [4.78, 5) is 0.255. The van der Waals surface area contributed by atoms with Crippen molar-refractivity contribution in [1.82, 2.24) is 4.31 Å². The number of hydrogen-bond donors (Lipinski definition) is 1. The molecule has 4 nitrogen and oxygen atoms in total. The fraction of sp³-hybridized carbons (Fsp3) is 0.571. The molecule has 1 heterocycles. The van der Waals surface area contributed by atoms with E-state index < -0.39 is 10.0 Å². The molecule has 0 amide bonds. The maximum atomic E-state index is 12.9. The Hall–Kier alpha value is -0.590. The molecule has 0 aromatic heterocycles. The van der Waals surface area contributed by atoms with Crippen LogP contribution in [0.1, 0.15) is 27.2 Å². The van der Waals surface area contributed by atoms with E-state index in [1.54, 1.807) is 16.4 Å². The molecule has 0 radical (unpaired) electrons. The van der Waals surface area contributed by atoms with Crippen molar-refractivity contribution in [3.8, 4) is 0 Å².